The van der Waals surface area contributed by atoms with Crippen LogP contribution in [0.2, 0.25) is 0 Å². The first-order valence-electron chi connectivity index (χ1n) is 5.26. The molecule has 0 aromatic heterocycles. The van der Waals surface area contributed by atoms with E-state index in [2.05, 4.69) is 44.1 Å². The van der Waals surface area contributed by atoms with E-state index in [9.17, 15) is 5.26 Å². The Kier molecular flexibility index (Phi) is 3.18. The maximum Gasteiger partial charge on any atom is 0.109 e. The summed E-state index contributed by atoms with van der Waals surface area (Å²) < 4.78 is 0. The number of hydrogen-bond donors (Lipinski definition) is 1. The number of nitriles is 1. The highest BCUT2D eigenvalue weighted by atomic mass is 15.1. The van der Waals surface area contributed by atoms with Gasteiger partial charge in [0.15, 0.2) is 0 Å². The molecule has 0 bridgehead atoms. The molecule has 1 rings (SSSR count). The van der Waals surface area contributed by atoms with E-state index in [0.29, 0.717) is 0 Å². The predicted octanol–water partition coefficient (Wildman–Crippen LogP) is 1.36. The Hall–Kier alpha value is -0.590. The van der Waals surface area contributed by atoms with Gasteiger partial charge in [-0.3, -0.25) is 5.32 Å². The van der Waals surface area contributed by atoms with Gasteiger partial charge < -0.3 is 4.90 Å². The molecule has 0 unspecified atom stereocenters. The molecule has 0 spiro atoms. The molecule has 1 fully saturated rings. The van der Waals surface area contributed by atoms with Crippen LogP contribution in [-0.2, 0) is 0 Å². The van der Waals surface area contributed by atoms with Crippen molar-refractivity contribution in [2.45, 2.75) is 44.7 Å². The summed E-state index contributed by atoms with van der Waals surface area (Å²) in [6, 6.07) is 2.46. The van der Waals surface area contributed by atoms with E-state index in [4.69, 9.17) is 0 Å². The zero-order valence-electron chi connectivity index (χ0n) is 9.72. The van der Waals surface area contributed by atoms with Gasteiger partial charge in [0.25, 0.3) is 0 Å². The van der Waals surface area contributed by atoms with Gasteiger partial charge in [0.1, 0.15) is 5.54 Å². The fourth-order valence-electron chi connectivity index (χ4n) is 1.98. The van der Waals surface area contributed by atoms with Crippen molar-refractivity contribution in [1.82, 2.24) is 10.2 Å². The molecule has 0 saturated carbocycles. The second kappa shape index (κ2) is 3.88. The minimum absolute atomic E-state index is 0.0195. The van der Waals surface area contributed by atoms with Crippen molar-refractivity contribution in [1.29, 1.82) is 5.26 Å². The number of piperidine rings is 1. The molecule has 3 heteroatoms. The molecular weight excluding hydrogens is 174 g/mol. The lowest BCUT2D eigenvalue weighted by Gasteiger charge is -2.40. The van der Waals surface area contributed by atoms with Crippen molar-refractivity contribution in [2.75, 3.05) is 20.1 Å². The molecule has 0 aromatic rings. The molecule has 0 aliphatic carbocycles. The zero-order valence-corrected chi connectivity index (χ0v) is 9.72. The van der Waals surface area contributed by atoms with Crippen LogP contribution in [0.4, 0.5) is 0 Å². The minimum atomic E-state index is -0.301. The van der Waals surface area contributed by atoms with Gasteiger partial charge in [-0.25, -0.2) is 0 Å². The summed E-state index contributed by atoms with van der Waals surface area (Å²) in [4.78, 5) is 2.28. The standard InChI is InChI=1S/C11H21N3/c1-10(2,3)13-11(9-12)5-7-14(4)8-6-11/h13H,5-8H2,1-4H3. The van der Waals surface area contributed by atoms with Gasteiger partial charge in [-0.1, -0.05) is 0 Å². The summed E-state index contributed by atoms with van der Waals surface area (Å²) in [5.74, 6) is 0. The monoisotopic (exact) mass is 195 g/mol. The van der Waals surface area contributed by atoms with E-state index in [1.807, 2.05) is 0 Å². The topological polar surface area (TPSA) is 39.1 Å². The highest BCUT2D eigenvalue weighted by molar-refractivity contribution is 5.11. The molecule has 0 atom stereocenters. The van der Waals surface area contributed by atoms with Crippen LogP contribution >= 0.6 is 0 Å². The smallest absolute Gasteiger partial charge is 0.109 e. The summed E-state index contributed by atoms with van der Waals surface area (Å²) in [7, 11) is 2.11. The normalized spacial score (nSPS) is 23.1. The van der Waals surface area contributed by atoms with Gasteiger partial charge in [-0.15, -0.1) is 0 Å². The number of rotatable bonds is 1. The van der Waals surface area contributed by atoms with E-state index in [1.165, 1.54) is 0 Å². The third-order valence-electron chi connectivity index (χ3n) is 2.67. The summed E-state index contributed by atoms with van der Waals surface area (Å²) in [6.45, 7) is 8.37. The fraction of sp³-hybridized carbons (Fsp3) is 0.909. The van der Waals surface area contributed by atoms with E-state index in [0.717, 1.165) is 25.9 Å². The van der Waals surface area contributed by atoms with Crippen LogP contribution in [-0.4, -0.2) is 36.1 Å². The van der Waals surface area contributed by atoms with Crippen molar-refractivity contribution in [2.24, 2.45) is 0 Å². The van der Waals surface area contributed by atoms with Gasteiger partial charge in [0.05, 0.1) is 6.07 Å². The Labute approximate surface area is 87.1 Å². The molecule has 1 heterocycles. The van der Waals surface area contributed by atoms with Gasteiger partial charge in [0.2, 0.25) is 0 Å². The predicted molar refractivity (Wildman–Crippen MR) is 58.0 cm³/mol. The summed E-state index contributed by atoms with van der Waals surface area (Å²) in [5.41, 5.74) is -0.281. The Bertz CT molecular complexity index is 226. The largest absolute Gasteiger partial charge is 0.306 e. The molecule has 0 radical (unpaired) electrons. The molecule has 1 saturated heterocycles. The average Bonchev–Trinajstić information content (AvgIpc) is 2.07. The first kappa shape index (κ1) is 11.5. The fourth-order valence-corrected chi connectivity index (χ4v) is 1.98. The Morgan fingerprint density at radius 2 is 1.79 bits per heavy atom. The van der Waals surface area contributed by atoms with E-state index in [1.54, 1.807) is 0 Å². The number of nitrogens with zero attached hydrogens (tertiary/aromatic N) is 2. The molecule has 1 N–H and O–H groups in total. The number of hydrogen-bond acceptors (Lipinski definition) is 3. The van der Waals surface area contributed by atoms with E-state index in [-0.39, 0.29) is 11.1 Å². The first-order chi connectivity index (χ1) is 6.37. The lowest BCUT2D eigenvalue weighted by molar-refractivity contribution is 0.168. The second-order valence-corrected chi connectivity index (χ2v) is 5.37. The number of likely N-dealkylation sites (tertiary alicyclic amines) is 1. The summed E-state index contributed by atoms with van der Waals surface area (Å²) in [6.07, 6.45) is 1.86. The Balaban J connectivity index is 2.65. The van der Waals surface area contributed by atoms with E-state index >= 15 is 0 Å². The second-order valence-electron chi connectivity index (χ2n) is 5.37. The van der Waals surface area contributed by atoms with Crippen LogP contribution < -0.4 is 5.32 Å². The van der Waals surface area contributed by atoms with Crippen molar-refractivity contribution in [3.63, 3.8) is 0 Å². The van der Waals surface area contributed by atoms with Gasteiger partial charge >= 0.3 is 0 Å². The van der Waals surface area contributed by atoms with Gasteiger partial charge in [-0.05, 0) is 40.7 Å². The highest BCUT2D eigenvalue weighted by Gasteiger charge is 2.36. The Morgan fingerprint density at radius 1 is 1.29 bits per heavy atom. The van der Waals surface area contributed by atoms with E-state index < -0.39 is 0 Å². The molecule has 14 heavy (non-hydrogen) atoms. The molecule has 80 valence electrons. The Morgan fingerprint density at radius 3 is 2.14 bits per heavy atom. The quantitative estimate of drug-likeness (QED) is 0.686. The van der Waals surface area contributed by atoms with Crippen molar-refractivity contribution in [3.8, 4) is 6.07 Å². The zero-order chi connectivity index (χ0) is 10.8. The maximum atomic E-state index is 9.26. The van der Waals surface area contributed by atoms with Crippen molar-refractivity contribution in [3.05, 3.63) is 0 Å². The van der Waals surface area contributed by atoms with Crippen LogP contribution in [0.3, 0.4) is 0 Å². The minimum Gasteiger partial charge on any atom is -0.306 e. The molecular formula is C11H21N3. The molecule has 1 aliphatic rings. The average molecular weight is 195 g/mol. The van der Waals surface area contributed by atoms with Crippen LogP contribution in [0.25, 0.3) is 0 Å². The van der Waals surface area contributed by atoms with Crippen LogP contribution in [0.1, 0.15) is 33.6 Å². The van der Waals surface area contributed by atoms with Crippen LogP contribution in [0, 0.1) is 11.3 Å². The highest BCUT2D eigenvalue weighted by Crippen LogP contribution is 2.23. The third kappa shape index (κ3) is 2.97. The lowest BCUT2D eigenvalue weighted by Crippen LogP contribution is -2.57. The van der Waals surface area contributed by atoms with Crippen molar-refractivity contribution >= 4 is 0 Å². The molecule has 0 aromatic carbocycles. The van der Waals surface area contributed by atoms with Crippen LogP contribution in [0.5, 0.6) is 0 Å². The SMILES string of the molecule is CN1CCC(C#N)(NC(C)(C)C)CC1. The maximum absolute atomic E-state index is 9.26. The molecule has 1 aliphatic heterocycles. The van der Waals surface area contributed by atoms with Gasteiger partial charge in [-0.2, -0.15) is 5.26 Å². The third-order valence-corrected chi connectivity index (χ3v) is 2.67. The van der Waals surface area contributed by atoms with Crippen molar-refractivity contribution < 1.29 is 0 Å². The summed E-state index contributed by atoms with van der Waals surface area (Å²) in [5, 5.41) is 12.7. The lowest BCUT2D eigenvalue weighted by atomic mass is 9.86. The summed E-state index contributed by atoms with van der Waals surface area (Å²) >= 11 is 0. The number of nitrogens with one attached hydrogen (secondary N) is 1. The van der Waals surface area contributed by atoms with Gasteiger partial charge in [0, 0.05) is 18.6 Å². The molecule has 3 nitrogen and oxygen atoms in total. The first-order valence-corrected chi connectivity index (χ1v) is 5.26. The van der Waals surface area contributed by atoms with Crippen LogP contribution in [0.15, 0.2) is 0 Å². The molecule has 0 amide bonds.